The Balaban J connectivity index is 2.13. The molecular weight excluding hydrogens is 299 g/mol. The molecule has 22 heavy (non-hydrogen) atoms. The molecule has 1 fully saturated rings. The average molecular weight is 310 g/mol. The summed E-state index contributed by atoms with van der Waals surface area (Å²) in [4.78, 5) is 24.2. The first-order valence-corrected chi connectivity index (χ1v) is 6.15. The molecule has 0 radical (unpaired) electrons. The van der Waals surface area contributed by atoms with Gasteiger partial charge < -0.3 is 15.9 Å². The molecule has 116 valence electrons. The smallest absolute Gasteiger partial charge is 0.385 e. The van der Waals surface area contributed by atoms with Gasteiger partial charge in [-0.15, -0.1) is 0 Å². The van der Waals surface area contributed by atoms with Crippen LogP contribution in [0.4, 0.5) is 10.2 Å². The van der Waals surface area contributed by atoms with E-state index in [1.807, 2.05) is 0 Å². The van der Waals surface area contributed by atoms with Crippen molar-refractivity contribution in [1.29, 1.82) is 0 Å². The number of nitrogens with one attached hydrogen (secondary N) is 1. The van der Waals surface area contributed by atoms with Gasteiger partial charge in [0.05, 0.1) is 6.33 Å². The SMILES string of the molecule is [C-]#[N+]C1(CO)OC(n2cnc3c(N)[nH]c(=O)nc32)C(F)C1O. The van der Waals surface area contributed by atoms with Crippen molar-refractivity contribution >= 4 is 17.0 Å². The monoisotopic (exact) mass is 310 g/mol. The van der Waals surface area contributed by atoms with E-state index in [-0.39, 0.29) is 17.0 Å². The number of aromatic nitrogens is 4. The number of aliphatic hydroxyl groups excluding tert-OH is 2. The Bertz CT molecular complexity index is 828. The van der Waals surface area contributed by atoms with Crippen molar-refractivity contribution < 1.29 is 19.3 Å². The first-order valence-electron chi connectivity index (χ1n) is 6.15. The second kappa shape index (κ2) is 4.73. The molecule has 4 unspecified atom stereocenters. The van der Waals surface area contributed by atoms with Crippen molar-refractivity contribution in [2.24, 2.45) is 0 Å². The summed E-state index contributed by atoms with van der Waals surface area (Å²) >= 11 is 0. The number of nitrogen functional groups attached to an aromatic ring is 1. The number of aromatic amines is 1. The van der Waals surface area contributed by atoms with Crippen LogP contribution in [0.15, 0.2) is 11.1 Å². The summed E-state index contributed by atoms with van der Waals surface area (Å²) in [7, 11) is 0. The van der Waals surface area contributed by atoms with Gasteiger partial charge in [0.25, 0.3) is 0 Å². The van der Waals surface area contributed by atoms with E-state index >= 15 is 0 Å². The highest BCUT2D eigenvalue weighted by Gasteiger charge is 2.62. The average Bonchev–Trinajstić information content (AvgIpc) is 3.01. The zero-order chi connectivity index (χ0) is 16.1. The molecule has 10 nitrogen and oxygen atoms in total. The zero-order valence-corrected chi connectivity index (χ0v) is 11.0. The second-order valence-corrected chi connectivity index (χ2v) is 4.79. The third-order valence-corrected chi connectivity index (χ3v) is 3.52. The molecule has 0 spiro atoms. The predicted molar refractivity (Wildman–Crippen MR) is 70.0 cm³/mol. The summed E-state index contributed by atoms with van der Waals surface area (Å²) in [5.41, 5.74) is 2.77. The highest BCUT2D eigenvalue weighted by molar-refractivity contribution is 5.81. The molecule has 1 aliphatic rings. The van der Waals surface area contributed by atoms with Crippen molar-refractivity contribution in [1.82, 2.24) is 19.5 Å². The number of alkyl halides is 1. The van der Waals surface area contributed by atoms with Gasteiger partial charge in [0, 0.05) is 0 Å². The number of nitrogens with zero attached hydrogens (tertiary/aromatic N) is 4. The van der Waals surface area contributed by atoms with Gasteiger partial charge in [-0.2, -0.15) is 4.98 Å². The Morgan fingerprint density at radius 1 is 1.68 bits per heavy atom. The summed E-state index contributed by atoms with van der Waals surface area (Å²) < 4.78 is 20.6. The van der Waals surface area contributed by atoms with Crippen LogP contribution in [0.25, 0.3) is 16.0 Å². The van der Waals surface area contributed by atoms with Gasteiger partial charge in [-0.1, -0.05) is 0 Å². The highest BCUT2D eigenvalue weighted by Crippen LogP contribution is 2.40. The fourth-order valence-corrected chi connectivity index (χ4v) is 2.36. The maximum absolute atomic E-state index is 14.3. The molecule has 2 aromatic heterocycles. The first kappa shape index (κ1) is 14.4. The number of anilines is 1. The van der Waals surface area contributed by atoms with E-state index in [0.717, 1.165) is 10.9 Å². The number of hydrogen-bond donors (Lipinski definition) is 4. The van der Waals surface area contributed by atoms with E-state index in [1.54, 1.807) is 0 Å². The van der Waals surface area contributed by atoms with Gasteiger partial charge in [-0.05, 0) is 0 Å². The number of halogens is 1. The number of imidazole rings is 1. The molecule has 4 atom stereocenters. The molecule has 3 heterocycles. The molecule has 5 N–H and O–H groups in total. The number of ether oxygens (including phenoxy) is 1. The van der Waals surface area contributed by atoms with E-state index in [9.17, 15) is 19.4 Å². The largest absolute Gasteiger partial charge is 0.390 e. The number of fused-ring (bicyclic) bond motifs is 1. The second-order valence-electron chi connectivity index (χ2n) is 4.79. The van der Waals surface area contributed by atoms with E-state index in [2.05, 4.69) is 19.8 Å². The van der Waals surface area contributed by atoms with Crippen LogP contribution < -0.4 is 11.4 Å². The Morgan fingerprint density at radius 3 is 3.00 bits per heavy atom. The molecular formula is C11H11FN6O4. The van der Waals surface area contributed by atoms with E-state index in [4.69, 9.17) is 17.0 Å². The van der Waals surface area contributed by atoms with Crippen molar-refractivity contribution in [2.75, 3.05) is 12.3 Å². The maximum atomic E-state index is 14.3. The Kier molecular flexibility index (Phi) is 3.10. The van der Waals surface area contributed by atoms with Crippen LogP contribution >= 0.6 is 0 Å². The van der Waals surface area contributed by atoms with Crippen molar-refractivity contribution in [3.05, 3.63) is 28.2 Å². The predicted octanol–water partition coefficient (Wildman–Crippen LogP) is -1.46. The minimum Gasteiger partial charge on any atom is -0.385 e. The quantitative estimate of drug-likeness (QED) is 0.496. The lowest BCUT2D eigenvalue weighted by Crippen LogP contribution is -2.42. The topological polar surface area (TPSA) is 144 Å². The summed E-state index contributed by atoms with van der Waals surface area (Å²) in [5, 5.41) is 19.1. The Hall–Kier alpha value is -2.55. The van der Waals surface area contributed by atoms with Gasteiger partial charge in [-0.3, -0.25) is 19.1 Å². The molecule has 2 aromatic rings. The van der Waals surface area contributed by atoms with Crippen molar-refractivity contribution in [3.63, 3.8) is 0 Å². The van der Waals surface area contributed by atoms with Crippen LogP contribution in [-0.2, 0) is 4.74 Å². The molecule has 0 bridgehead atoms. The van der Waals surface area contributed by atoms with E-state index in [1.165, 1.54) is 0 Å². The van der Waals surface area contributed by atoms with Crippen LogP contribution in [0.2, 0.25) is 0 Å². The Labute approximate surface area is 121 Å². The van der Waals surface area contributed by atoms with Crippen LogP contribution in [0.1, 0.15) is 6.23 Å². The van der Waals surface area contributed by atoms with E-state index < -0.39 is 36.5 Å². The van der Waals surface area contributed by atoms with Gasteiger partial charge in [0.2, 0.25) is 0 Å². The minimum atomic E-state index is -2.12. The lowest BCUT2D eigenvalue weighted by Gasteiger charge is -2.16. The summed E-state index contributed by atoms with van der Waals surface area (Å²) in [6.07, 6.45) is -4.24. The van der Waals surface area contributed by atoms with Crippen LogP contribution in [0.5, 0.6) is 0 Å². The first-order chi connectivity index (χ1) is 10.4. The number of aliphatic hydroxyl groups is 2. The molecule has 0 saturated carbocycles. The molecule has 0 aromatic carbocycles. The van der Waals surface area contributed by atoms with Gasteiger partial charge in [0.15, 0.2) is 30.8 Å². The summed E-state index contributed by atoms with van der Waals surface area (Å²) in [6.45, 7) is 6.12. The summed E-state index contributed by atoms with van der Waals surface area (Å²) in [6, 6.07) is 0. The lowest BCUT2D eigenvalue weighted by atomic mass is 10.1. The normalized spacial score (nSPS) is 31.5. The fraction of sp³-hybridized carbons (Fsp3) is 0.455. The number of H-pyrrole nitrogens is 1. The standard InChI is InChI=1S/C11H11FN6O4/c1-14-11(2-19)6(20)4(12)9(22-11)18-3-15-5-7(13)16-10(21)17-8(5)18/h3-4,6,9,19-20H,2H2,(H3,13,16,17,21). The number of rotatable bonds is 2. The maximum Gasteiger partial charge on any atom is 0.390 e. The molecule has 0 aliphatic carbocycles. The lowest BCUT2D eigenvalue weighted by molar-refractivity contribution is -0.0979. The van der Waals surface area contributed by atoms with Crippen molar-refractivity contribution in [3.8, 4) is 0 Å². The van der Waals surface area contributed by atoms with E-state index in [0.29, 0.717) is 0 Å². The number of nitrogens with two attached hydrogens (primary N) is 1. The fourth-order valence-electron chi connectivity index (χ4n) is 2.36. The van der Waals surface area contributed by atoms with Gasteiger partial charge in [0.1, 0.15) is 11.3 Å². The van der Waals surface area contributed by atoms with Gasteiger partial charge >= 0.3 is 11.4 Å². The zero-order valence-electron chi connectivity index (χ0n) is 11.0. The minimum absolute atomic E-state index is 0.0543. The Morgan fingerprint density at radius 2 is 2.41 bits per heavy atom. The molecule has 11 heteroatoms. The molecule has 1 saturated heterocycles. The van der Waals surface area contributed by atoms with Crippen molar-refractivity contribution in [2.45, 2.75) is 24.2 Å². The number of hydrogen-bond acceptors (Lipinski definition) is 7. The molecule has 1 aliphatic heterocycles. The summed E-state index contributed by atoms with van der Waals surface area (Å²) in [5.74, 6) is -0.0543. The molecule has 0 amide bonds. The molecule has 3 rings (SSSR count). The third-order valence-electron chi connectivity index (χ3n) is 3.52. The van der Waals surface area contributed by atoms with Crippen LogP contribution in [-0.4, -0.2) is 54.3 Å². The van der Waals surface area contributed by atoms with Crippen LogP contribution in [0, 0.1) is 6.57 Å². The highest BCUT2D eigenvalue weighted by atomic mass is 19.1. The van der Waals surface area contributed by atoms with Crippen LogP contribution in [0.3, 0.4) is 0 Å². The third kappa shape index (κ3) is 1.78. The van der Waals surface area contributed by atoms with Gasteiger partial charge in [-0.25, -0.2) is 20.7 Å².